The van der Waals surface area contributed by atoms with E-state index in [2.05, 4.69) is 97.4 Å². The SMILES string of the molecule is CC(C)(C)c1ccc(C=Cc2ccc(-c3nc(-c4ccc(F)cc4)sc3Br)cc2)cc1. The van der Waals surface area contributed by atoms with Gasteiger partial charge in [0, 0.05) is 11.1 Å². The Hall–Kier alpha value is -2.56. The van der Waals surface area contributed by atoms with E-state index < -0.39 is 0 Å². The Bertz CT molecular complexity index is 1200. The third-order valence-electron chi connectivity index (χ3n) is 5.11. The Kier molecular flexibility index (Phi) is 6.22. The van der Waals surface area contributed by atoms with Crippen LogP contribution in [0.15, 0.2) is 76.6 Å². The highest BCUT2D eigenvalue weighted by atomic mass is 79.9. The first-order chi connectivity index (χ1) is 14.8. The predicted molar refractivity (Wildman–Crippen MR) is 135 cm³/mol. The van der Waals surface area contributed by atoms with E-state index in [4.69, 9.17) is 4.98 Å². The number of benzene rings is 3. The van der Waals surface area contributed by atoms with Crippen molar-refractivity contribution in [3.05, 3.63) is 99.1 Å². The normalized spacial score (nSPS) is 11.9. The quantitative estimate of drug-likeness (QED) is 0.259. The molecule has 0 unspecified atom stereocenters. The lowest BCUT2D eigenvalue weighted by molar-refractivity contribution is 0.590. The van der Waals surface area contributed by atoms with E-state index in [0.29, 0.717) is 0 Å². The van der Waals surface area contributed by atoms with E-state index >= 15 is 0 Å². The molecule has 0 saturated heterocycles. The number of hydrogen-bond donors (Lipinski definition) is 0. The van der Waals surface area contributed by atoms with Gasteiger partial charge in [0.2, 0.25) is 0 Å². The number of aromatic nitrogens is 1. The summed E-state index contributed by atoms with van der Waals surface area (Å²) in [5.41, 5.74) is 6.68. The number of hydrogen-bond acceptors (Lipinski definition) is 2. The number of rotatable bonds is 4. The van der Waals surface area contributed by atoms with E-state index in [0.717, 1.165) is 31.2 Å². The van der Waals surface area contributed by atoms with Gasteiger partial charge in [-0.15, -0.1) is 11.3 Å². The fraction of sp³-hybridized carbons (Fsp3) is 0.148. The van der Waals surface area contributed by atoms with Crippen LogP contribution in [-0.2, 0) is 5.41 Å². The Balaban J connectivity index is 1.51. The molecular weight excluding hydrogens is 469 g/mol. The number of thiazole rings is 1. The molecule has 0 atom stereocenters. The highest BCUT2D eigenvalue weighted by molar-refractivity contribution is 9.11. The maximum atomic E-state index is 13.2. The first kappa shape index (κ1) is 21.7. The summed E-state index contributed by atoms with van der Waals surface area (Å²) in [5.74, 6) is -0.242. The molecular formula is C27H23BrFNS. The molecule has 4 rings (SSSR count). The maximum absolute atomic E-state index is 13.2. The minimum absolute atomic E-state index is 0.165. The minimum Gasteiger partial charge on any atom is -0.235 e. The summed E-state index contributed by atoms with van der Waals surface area (Å²) in [7, 11) is 0. The van der Waals surface area contributed by atoms with Crippen molar-refractivity contribution in [1.82, 2.24) is 4.98 Å². The second-order valence-corrected chi connectivity index (χ2v) is 10.8. The van der Waals surface area contributed by atoms with Crippen molar-refractivity contribution in [2.24, 2.45) is 0 Å². The molecule has 0 aliphatic heterocycles. The van der Waals surface area contributed by atoms with Crippen LogP contribution in [0.4, 0.5) is 4.39 Å². The van der Waals surface area contributed by atoms with Crippen molar-refractivity contribution in [2.75, 3.05) is 0 Å². The van der Waals surface area contributed by atoms with Gasteiger partial charge in [0.1, 0.15) is 10.8 Å². The minimum atomic E-state index is -0.242. The molecule has 0 saturated carbocycles. The van der Waals surface area contributed by atoms with Gasteiger partial charge in [0.15, 0.2) is 0 Å². The van der Waals surface area contributed by atoms with E-state index in [1.54, 1.807) is 23.5 Å². The molecule has 0 aliphatic rings. The molecule has 0 N–H and O–H groups in total. The van der Waals surface area contributed by atoms with Crippen LogP contribution in [0.3, 0.4) is 0 Å². The van der Waals surface area contributed by atoms with Gasteiger partial charge in [-0.3, -0.25) is 0 Å². The molecule has 0 bridgehead atoms. The summed E-state index contributed by atoms with van der Waals surface area (Å²) < 4.78 is 14.2. The van der Waals surface area contributed by atoms with Crippen LogP contribution in [0.2, 0.25) is 0 Å². The second-order valence-electron chi connectivity index (χ2n) is 8.48. The molecule has 0 aliphatic carbocycles. The third-order valence-corrected chi connectivity index (χ3v) is 6.86. The zero-order valence-corrected chi connectivity index (χ0v) is 20.1. The zero-order chi connectivity index (χ0) is 22.0. The fourth-order valence-electron chi connectivity index (χ4n) is 3.23. The third kappa shape index (κ3) is 5.20. The molecule has 31 heavy (non-hydrogen) atoms. The predicted octanol–water partition coefficient (Wildman–Crippen LogP) is 8.85. The smallest absolute Gasteiger partial charge is 0.125 e. The Labute approximate surface area is 195 Å². The summed E-state index contributed by atoms with van der Waals surface area (Å²) in [4.78, 5) is 4.76. The second kappa shape index (κ2) is 8.89. The van der Waals surface area contributed by atoms with E-state index in [-0.39, 0.29) is 11.2 Å². The van der Waals surface area contributed by atoms with E-state index in [9.17, 15) is 4.39 Å². The summed E-state index contributed by atoms with van der Waals surface area (Å²) in [6.45, 7) is 6.67. The van der Waals surface area contributed by atoms with E-state index in [1.807, 2.05) is 0 Å². The number of nitrogens with zero attached hydrogens (tertiary/aromatic N) is 1. The van der Waals surface area contributed by atoms with Gasteiger partial charge in [0.05, 0.1) is 9.48 Å². The Morgan fingerprint density at radius 3 is 1.84 bits per heavy atom. The van der Waals surface area contributed by atoms with Crippen molar-refractivity contribution in [3.63, 3.8) is 0 Å². The molecule has 4 heteroatoms. The molecule has 3 aromatic carbocycles. The average Bonchev–Trinajstić information content (AvgIpc) is 3.14. The van der Waals surface area contributed by atoms with Gasteiger partial charge < -0.3 is 0 Å². The summed E-state index contributed by atoms with van der Waals surface area (Å²) in [6.07, 6.45) is 4.25. The molecule has 0 fully saturated rings. The highest BCUT2D eigenvalue weighted by Gasteiger charge is 2.13. The largest absolute Gasteiger partial charge is 0.235 e. The van der Waals surface area contributed by atoms with Gasteiger partial charge in [-0.1, -0.05) is 81.5 Å². The lowest BCUT2D eigenvalue weighted by atomic mass is 9.87. The maximum Gasteiger partial charge on any atom is 0.125 e. The average molecular weight is 492 g/mol. The molecule has 0 spiro atoms. The fourth-order valence-corrected chi connectivity index (χ4v) is 4.83. The highest BCUT2D eigenvalue weighted by Crippen LogP contribution is 2.37. The zero-order valence-electron chi connectivity index (χ0n) is 17.7. The standard InChI is InChI=1S/C27H23BrFNS/c1-27(2,3)22-14-8-19(9-15-22)5-4-18-6-10-20(11-7-18)24-25(28)31-26(30-24)21-12-16-23(29)17-13-21/h4-17H,1-3H3. The van der Waals surface area contributed by atoms with Crippen LogP contribution in [0, 0.1) is 5.82 Å². The molecule has 0 radical (unpaired) electrons. The van der Waals surface area contributed by atoms with Crippen LogP contribution < -0.4 is 0 Å². The molecule has 1 aromatic heterocycles. The van der Waals surface area contributed by atoms with Gasteiger partial charge >= 0.3 is 0 Å². The van der Waals surface area contributed by atoms with Crippen LogP contribution in [0.5, 0.6) is 0 Å². The van der Waals surface area contributed by atoms with Crippen LogP contribution in [0.1, 0.15) is 37.5 Å². The molecule has 1 nitrogen and oxygen atoms in total. The van der Waals surface area contributed by atoms with Gasteiger partial charge in [-0.25, -0.2) is 9.37 Å². The summed E-state index contributed by atoms with van der Waals surface area (Å²) >= 11 is 5.18. The van der Waals surface area contributed by atoms with Crippen molar-refractivity contribution in [2.45, 2.75) is 26.2 Å². The first-order valence-corrected chi connectivity index (χ1v) is 11.7. The lowest BCUT2D eigenvalue weighted by Crippen LogP contribution is -2.10. The molecule has 1 heterocycles. The van der Waals surface area contributed by atoms with E-state index in [1.165, 1.54) is 23.3 Å². The summed E-state index contributed by atoms with van der Waals surface area (Å²) in [5, 5.41) is 0.865. The van der Waals surface area contributed by atoms with Gasteiger partial charge in [-0.05, 0) is 62.3 Å². The monoisotopic (exact) mass is 491 g/mol. The van der Waals surface area contributed by atoms with Crippen molar-refractivity contribution < 1.29 is 4.39 Å². The lowest BCUT2D eigenvalue weighted by Gasteiger charge is -2.18. The molecule has 0 amide bonds. The van der Waals surface area contributed by atoms with Crippen molar-refractivity contribution in [3.8, 4) is 21.8 Å². The van der Waals surface area contributed by atoms with Gasteiger partial charge in [0.25, 0.3) is 0 Å². The summed E-state index contributed by atoms with van der Waals surface area (Å²) in [6, 6.07) is 23.5. The Morgan fingerprint density at radius 2 is 1.29 bits per heavy atom. The van der Waals surface area contributed by atoms with Crippen molar-refractivity contribution in [1.29, 1.82) is 0 Å². The topological polar surface area (TPSA) is 12.9 Å². The molecule has 156 valence electrons. The Morgan fingerprint density at radius 1 is 0.774 bits per heavy atom. The van der Waals surface area contributed by atoms with Crippen LogP contribution in [-0.4, -0.2) is 4.98 Å². The van der Waals surface area contributed by atoms with Crippen LogP contribution in [0.25, 0.3) is 34.0 Å². The van der Waals surface area contributed by atoms with Crippen molar-refractivity contribution >= 4 is 39.4 Å². The van der Waals surface area contributed by atoms with Gasteiger partial charge in [-0.2, -0.15) is 0 Å². The van der Waals surface area contributed by atoms with Crippen LogP contribution >= 0.6 is 27.3 Å². The number of halogens is 2. The molecule has 4 aromatic rings. The first-order valence-electron chi connectivity index (χ1n) is 10.1.